The molecule has 4 aromatic rings. The van der Waals surface area contributed by atoms with Gasteiger partial charge in [0.25, 0.3) is 5.91 Å². The number of carbonyl (C=O) groups is 1. The highest BCUT2D eigenvalue weighted by Gasteiger charge is 2.17. The van der Waals surface area contributed by atoms with E-state index in [0.717, 1.165) is 15.7 Å². The number of aromatic nitrogens is 3. The summed E-state index contributed by atoms with van der Waals surface area (Å²) in [6, 6.07) is 17.2. The van der Waals surface area contributed by atoms with E-state index in [4.69, 9.17) is 4.74 Å². The smallest absolute Gasteiger partial charge is 0.259 e. The van der Waals surface area contributed by atoms with Crippen molar-refractivity contribution < 1.29 is 9.53 Å². The van der Waals surface area contributed by atoms with Crippen molar-refractivity contribution in [3.05, 3.63) is 74.7 Å². The molecule has 6 nitrogen and oxygen atoms in total. The molecular weight excluding hydrogens is 524 g/mol. The first kappa shape index (κ1) is 21.5. The zero-order valence-electron chi connectivity index (χ0n) is 17.2. The van der Waals surface area contributed by atoms with Gasteiger partial charge in [-0.15, -0.1) is 10.2 Å². The first-order chi connectivity index (χ1) is 14.9. The number of halogens is 2. The molecule has 158 valence electrons. The Labute approximate surface area is 196 Å². The minimum atomic E-state index is -0.283. The maximum atomic E-state index is 12.9. The summed E-state index contributed by atoms with van der Waals surface area (Å²) in [7, 11) is 1.53. The van der Waals surface area contributed by atoms with Crippen molar-refractivity contribution in [2.45, 2.75) is 19.8 Å². The maximum absolute atomic E-state index is 12.9. The second-order valence-corrected chi connectivity index (χ2v) is 9.13. The number of hydrogen-bond donors (Lipinski definition) is 1. The average Bonchev–Trinajstić information content (AvgIpc) is 3.16. The van der Waals surface area contributed by atoms with Gasteiger partial charge in [-0.2, -0.15) is 4.80 Å². The zero-order chi connectivity index (χ0) is 22.1. The highest BCUT2D eigenvalue weighted by Crippen LogP contribution is 2.33. The van der Waals surface area contributed by atoms with Gasteiger partial charge in [0.1, 0.15) is 16.8 Å². The minimum Gasteiger partial charge on any atom is -0.495 e. The minimum absolute atomic E-state index is 0.283. The van der Waals surface area contributed by atoms with E-state index in [1.165, 1.54) is 12.7 Å². The number of carbonyl (C=O) groups excluding carboxylic acids is 1. The average molecular weight is 544 g/mol. The standard InChI is InChI=1S/C23H20Br2N4O2/c1-13(2)14-4-7-17(8-5-14)29-27-20-9-6-16(12-21(20)28-29)26-23(30)18-10-15(24)11-19(25)22(18)31-3/h4-13H,1-3H3,(H,26,30). The van der Waals surface area contributed by atoms with Crippen molar-refractivity contribution in [1.82, 2.24) is 15.0 Å². The van der Waals surface area contributed by atoms with Crippen LogP contribution in [0.3, 0.4) is 0 Å². The summed E-state index contributed by atoms with van der Waals surface area (Å²) in [4.78, 5) is 14.5. The number of ether oxygens (including phenoxy) is 1. The molecule has 0 fully saturated rings. The van der Waals surface area contributed by atoms with E-state index in [2.05, 4.69) is 73.4 Å². The van der Waals surface area contributed by atoms with Crippen molar-refractivity contribution in [3.8, 4) is 11.4 Å². The number of nitrogens with one attached hydrogen (secondary N) is 1. The molecule has 0 spiro atoms. The van der Waals surface area contributed by atoms with E-state index in [9.17, 15) is 4.79 Å². The molecule has 0 radical (unpaired) electrons. The normalized spacial score (nSPS) is 11.2. The van der Waals surface area contributed by atoms with Gasteiger partial charge in [-0.05, 0) is 69.9 Å². The van der Waals surface area contributed by atoms with Crippen LogP contribution in [0.2, 0.25) is 0 Å². The molecule has 1 aromatic heterocycles. The highest BCUT2D eigenvalue weighted by atomic mass is 79.9. The SMILES string of the molecule is COc1c(Br)cc(Br)cc1C(=O)Nc1ccc2nn(-c3ccc(C(C)C)cc3)nc2c1. The van der Waals surface area contributed by atoms with Crippen molar-refractivity contribution in [2.75, 3.05) is 12.4 Å². The fourth-order valence-electron chi connectivity index (χ4n) is 3.24. The lowest BCUT2D eigenvalue weighted by Gasteiger charge is -2.11. The molecule has 4 rings (SSSR count). The third-order valence-corrected chi connectivity index (χ3v) is 5.93. The molecule has 1 heterocycles. The second kappa shape index (κ2) is 8.80. The second-order valence-electron chi connectivity index (χ2n) is 7.36. The van der Waals surface area contributed by atoms with Crippen LogP contribution in [0, 0.1) is 0 Å². The Hall–Kier alpha value is -2.71. The third kappa shape index (κ3) is 4.50. The lowest BCUT2D eigenvalue weighted by molar-refractivity contribution is 0.102. The summed E-state index contributed by atoms with van der Waals surface area (Å²) < 4.78 is 6.84. The van der Waals surface area contributed by atoms with E-state index < -0.39 is 0 Å². The molecule has 1 N–H and O–H groups in total. The molecule has 0 saturated heterocycles. The van der Waals surface area contributed by atoms with Crippen LogP contribution in [-0.2, 0) is 0 Å². The molecule has 0 aliphatic carbocycles. The number of hydrogen-bond acceptors (Lipinski definition) is 4. The number of anilines is 1. The van der Waals surface area contributed by atoms with Crippen molar-refractivity contribution in [1.29, 1.82) is 0 Å². The highest BCUT2D eigenvalue weighted by molar-refractivity contribution is 9.11. The summed E-state index contributed by atoms with van der Waals surface area (Å²) in [5.41, 5.74) is 4.62. The number of amides is 1. The number of methoxy groups -OCH3 is 1. The van der Waals surface area contributed by atoms with Crippen LogP contribution >= 0.6 is 31.9 Å². The van der Waals surface area contributed by atoms with E-state index in [1.54, 1.807) is 23.0 Å². The van der Waals surface area contributed by atoms with Crippen molar-refractivity contribution in [2.24, 2.45) is 0 Å². The monoisotopic (exact) mass is 542 g/mol. The molecule has 0 bridgehead atoms. The van der Waals surface area contributed by atoms with Gasteiger partial charge < -0.3 is 10.1 Å². The molecule has 0 saturated carbocycles. The van der Waals surface area contributed by atoms with E-state index >= 15 is 0 Å². The Bertz CT molecular complexity index is 1270. The molecule has 8 heteroatoms. The fourth-order valence-corrected chi connectivity index (χ4v) is 4.62. The Morgan fingerprint density at radius 3 is 2.39 bits per heavy atom. The van der Waals surface area contributed by atoms with Crippen molar-refractivity contribution >= 4 is 54.5 Å². The molecule has 1 amide bonds. The van der Waals surface area contributed by atoms with Gasteiger partial charge in [-0.25, -0.2) is 0 Å². The Morgan fingerprint density at radius 1 is 1.00 bits per heavy atom. The van der Waals surface area contributed by atoms with Gasteiger partial charge in [-0.3, -0.25) is 4.79 Å². The molecule has 3 aromatic carbocycles. The molecule has 0 atom stereocenters. The number of rotatable bonds is 5. The Kier molecular flexibility index (Phi) is 6.11. The van der Waals surface area contributed by atoms with Crippen molar-refractivity contribution in [3.63, 3.8) is 0 Å². The fraction of sp³-hybridized carbons (Fsp3) is 0.174. The quantitative estimate of drug-likeness (QED) is 0.319. The van der Waals surface area contributed by atoms with Gasteiger partial charge in [-0.1, -0.05) is 41.9 Å². The molecule has 31 heavy (non-hydrogen) atoms. The summed E-state index contributed by atoms with van der Waals surface area (Å²) >= 11 is 6.84. The van der Waals surface area contributed by atoms with Gasteiger partial charge in [0, 0.05) is 10.2 Å². The molecule has 0 aliphatic rings. The van der Waals surface area contributed by atoms with Crippen LogP contribution < -0.4 is 10.1 Å². The molecule has 0 aliphatic heterocycles. The summed E-state index contributed by atoms with van der Waals surface area (Å²) in [5.74, 6) is 0.654. The van der Waals surface area contributed by atoms with Gasteiger partial charge in [0.2, 0.25) is 0 Å². The Morgan fingerprint density at radius 2 is 1.71 bits per heavy atom. The van der Waals surface area contributed by atoms with E-state index in [1.807, 2.05) is 24.3 Å². The van der Waals surface area contributed by atoms with Crippen LogP contribution in [0.4, 0.5) is 5.69 Å². The largest absolute Gasteiger partial charge is 0.495 e. The topological polar surface area (TPSA) is 69.0 Å². The van der Waals surface area contributed by atoms with Crippen LogP contribution in [0.1, 0.15) is 35.7 Å². The van der Waals surface area contributed by atoms with Gasteiger partial charge >= 0.3 is 0 Å². The first-order valence-corrected chi connectivity index (χ1v) is 11.3. The van der Waals surface area contributed by atoms with E-state index in [0.29, 0.717) is 32.9 Å². The predicted molar refractivity (Wildman–Crippen MR) is 129 cm³/mol. The predicted octanol–water partition coefficient (Wildman–Crippen LogP) is 6.33. The molecule has 0 unspecified atom stereocenters. The van der Waals surface area contributed by atoms with Crippen LogP contribution in [0.5, 0.6) is 5.75 Å². The zero-order valence-corrected chi connectivity index (χ0v) is 20.4. The lowest BCUT2D eigenvalue weighted by atomic mass is 10.0. The summed E-state index contributed by atoms with van der Waals surface area (Å²) in [6.45, 7) is 4.32. The number of benzene rings is 3. The third-order valence-electron chi connectivity index (χ3n) is 4.89. The van der Waals surface area contributed by atoms with E-state index in [-0.39, 0.29) is 5.91 Å². The molecular formula is C23H20Br2N4O2. The lowest BCUT2D eigenvalue weighted by Crippen LogP contribution is -2.13. The van der Waals surface area contributed by atoms with Crippen LogP contribution in [-0.4, -0.2) is 28.0 Å². The number of nitrogens with zero attached hydrogens (tertiary/aromatic N) is 3. The van der Waals surface area contributed by atoms with Crippen LogP contribution in [0.15, 0.2) is 63.5 Å². The summed E-state index contributed by atoms with van der Waals surface area (Å²) in [6.07, 6.45) is 0. The van der Waals surface area contributed by atoms with Gasteiger partial charge in [0.15, 0.2) is 0 Å². The maximum Gasteiger partial charge on any atom is 0.259 e. The number of fused-ring (bicyclic) bond motifs is 1. The Balaban J connectivity index is 1.61. The van der Waals surface area contributed by atoms with Crippen LogP contribution in [0.25, 0.3) is 16.7 Å². The van der Waals surface area contributed by atoms with Gasteiger partial charge in [0.05, 0.1) is 22.8 Å². The summed E-state index contributed by atoms with van der Waals surface area (Å²) in [5, 5.41) is 12.0. The first-order valence-electron chi connectivity index (χ1n) is 9.67.